The maximum absolute atomic E-state index is 6.37. The second kappa shape index (κ2) is 8.42. The van der Waals surface area contributed by atoms with Gasteiger partial charge in [0.15, 0.2) is 0 Å². The Morgan fingerprint density at radius 3 is 2.97 bits per heavy atom. The van der Waals surface area contributed by atoms with Crippen molar-refractivity contribution in [3.05, 3.63) is 54.6 Å². The van der Waals surface area contributed by atoms with Gasteiger partial charge in [0.1, 0.15) is 17.9 Å². The van der Waals surface area contributed by atoms with Crippen LogP contribution in [0.3, 0.4) is 0 Å². The lowest BCUT2D eigenvalue weighted by Gasteiger charge is -2.16. The molecular weight excluding hydrogens is 436 g/mol. The molecule has 1 aliphatic rings. The predicted octanol–water partition coefficient (Wildman–Crippen LogP) is 4.80. The van der Waals surface area contributed by atoms with Gasteiger partial charge in [0.2, 0.25) is 0 Å². The molecule has 4 heterocycles. The van der Waals surface area contributed by atoms with Crippen molar-refractivity contribution in [1.82, 2.24) is 24.7 Å². The van der Waals surface area contributed by atoms with Crippen molar-refractivity contribution in [3.8, 4) is 16.9 Å². The van der Waals surface area contributed by atoms with E-state index in [-0.39, 0.29) is 0 Å². The number of hydrogen-bond acceptors (Lipinski definition) is 8. The normalized spacial score (nSPS) is 16.0. The van der Waals surface area contributed by atoms with Gasteiger partial charge < -0.3 is 14.8 Å². The molecule has 0 spiro atoms. The van der Waals surface area contributed by atoms with E-state index in [4.69, 9.17) is 9.47 Å². The zero-order valence-electron chi connectivity index (χ0n) is 18.1. The van der Waals surface area contributed by atoms with Crippen LogP contribution < -0.4 is 10.1 Å². The average molecular weight is 459 g/mol. The highest BCUT2D eigenvalue weighted by atomic mass is 32.1. The van der Waals surface area contributed by atoms with E-state index < -0.39 is 0 Å². The van der Waals surface area contributed by atoms with E-state index >= 15 is 0 Å². The minimum atomic E-state index is 0.386. The zero-order chi connectivity index (χ0) is 22.2. The van der Waals surface area contributed by atoms with E-state index in [1.807, 2.05) is 37.1 Å². The third-order valence-electron chi connectivity index (χ3n) is 5.83. The molecule has 0 radical (unpaired) electrons. The highest BCUT2D eigenvalue weighted by molar-refractivity contribution is 7.16. The number of aryl methyl sites for hydroxylation is 1. The molecule has 2 aromatic carbocycles. The Balaban J connectivity index is 1.43. The number of fused-ring (bicyclic) bond motifs is 2. The van der Waals surface area contributed by atoms with Crippen molar-refractivity contribution in [2.45, 2.75) is 6.42 Å². The monoisotopic (exact) mass is 458 g/mol. The molecule has 6 rings (SSSR count). The minimum Gasteiger partial charge on any atom is -0.492 e. The molecule has 5 aromatic rings. The third-order valence-corrected chi connectivity index (χ3v) is 6.62. The van der Waals surface area contributed by atoms with Gasteiger partial charge in [-0.1, -0.05) is 0 Å². The van der Waals surface area contributed by atoms with Crippen LogP contribution in [0.1, 0.15) is 6.42 Å². The van der Waals surface area contributed by atoms with Gasteiger partial charge in [-0.15, -0.1) is 11.3 Å². The maximum atomic E-state index is 6.37. The van der Waals surface area contributed by atoms with E-state index in [0.717, 1.165) is 63.3 Å². The fourth-order valence-corrected chi connectivity index (χ4v) is 4.81. The number of ether oxygens (including phenoxy) is 2. The van der Waals surface area contributed by atoms with Crippen molar-refractivity contribution in [2.75, 3.05) is 25.1 Å². The van der Waals surface area contributed by atoms with Crippen LogP contribution in [-0.4, -0.2) is 44.6 Å². The SMILES string of the molecule is Cn1cc(-c2cc(OCC3CCOC3)c3c(Nc4ccc5ncsc5c4)ncnc3c2)cn1. The summed E-state index contributed by atoms with van der Waals surface area (Å²) in [6.45, 7) is 2.12. The van der Waals surface area contributed by atoms with Crippen molar-refractivity contribution < 1.29 is 9.47 Å². The smallest absolute Gasteiger partial charge is 0.145 e. The van der Waals surface area contributed by atoms with Crippen LogP contribution in [0, 0.1) is 5.92 Å². The molecule has 1 unspecified atom stereocenters. The molecule has 9 heteroatoms. The van der Waals surface area contributed by atoms with Gasteiger partial charge in [-0.25, -0.2) is 15.0 Å². The summed E-state index contributed by atoms with van der Waals surface area (Å²) >= 11 is 1.61. The van der Waals surface area contributed by atoms with E-state index in [0.29, 0.717) is 18.3 Å². The first-order chi connectivity index (χ1) is 16.2. The standard InChI is InChI=1S/C24H22N6O2S/c1-30-10-17(9-28-30)16-6-20-23(21(7-16)32-12-15-4-5-31-11-15)24(26-13-25-20)29-18-2-3-19-22(8-18)33-14-27-19/h2-3,6-10,13-15H,4-5,11-12H2,1H3,(H,25,26,29). The molecule has 0 amide bonds. The van der Waals surface area contributed by atoms with Gasteiger partial charge in [-0.3, -0.25) is 4.68 Å². The van der Waals surface area contributed by atoms with Crippen LogP contribution in [-0.2, 0) is 11.8 Å². The summed E-state index contributed by atoms with van der Waals surface area (Å²) in [4.78, 5) is 13.5. The number of nitrogens with zero attached hydrogens (tertiary/aromatic N) is 5. The summed E-state index contributed by atoms with van der Waals surface area (Å²) in [7, 11) is 1.91. The van der Waals surface area contributed by atoms with Crippen LogP contribution in [0.2, 0.25) is 0 Å². The summed E-state index contributed by atoms with van der Waals surface area (Å²) in [5.41, 5.74) is 6.61. The summed E-state index contributed by atoms with van der Waals surface area (Å²) in [6, 6.07) is 10.2. The fraction of sp³-hybridized carbons (Fsp3) is 0.250. The summed E-state index contributed by atoms with van der Waals surface area (Å²) in [5.74, 6) is 1.84. The highest BCUT2D eigenvalue weighted by Crippen LogP contribution is 2.37. The van der Waals surface area contributed by atoms with E-state index in [2.05, 4.69) is 43.6 Å². The Labute approximate surface area is 194 Å². The minimum absolute atomic E-state index is 0.386. The van der Waals surface area contributed by atoms with Crippen LogP contribution >= 0.6 is 11.3 Å². The van der Waals surface area contributed by atoms with Gasteiger partial charge in [-0.05, 0) is 42.3 Å². The summed E-state index contributed by atoms with van der Waals surface area (Å²) in [6.07, 6.45) is 6.43. The van der Waals surface area contributed by atoms with Gasteiger partial charge in [0.05, 0.1) is 46.0 Å². The Bertz CT molecular complexity index is 1440. The Hall–Kier alpha value is -3.56. The predicted molar refractivity (Wildman–Crippen MR) is 129 cm³/mol. The van der Waals surface area contributed by atoms with Crippen molar-refractivity contribution >= 4 is 44.0 Å². The number of aromatic nitrogens is 5. The highest BCUT2D eigenvalue weighted by Gasteiger charge is 2.19. The van der Waals surface area contributed by atoms with Crippen molar-refractivity contribution in [3.63, 3.8) is 0 Å². The molecule has 1 N–H and O–H groups in total. The first kappa shape index (κ1) is 20.1. The second-order valence-electron chi connectivity index (χ2n) is 8.19. The van der Waals surface area contributed by atoms with Gasteiger partial charge >= 0.3 is 0 Å². The van der Waals surface area contributed by atoms with Crippen LogP contribution in [0.15, 0.2) is 54.6 Å². The molecule has 1 aliphatic heterocycles. The molecule has 0 saturated carbocycles. The van der Waals surface area contributed by atoms with Gasteiger partial charge in [-0.2, -0.15) is 5.10 Å². The molecule has 33 heavy (non-hydrogen) atoms. The summed E-state index contributed by atoms with van der Waals surface area (Å²) < 4.78 is 14.8. The first-order valence-electron chi connectivity index (χ1n) is 10.8. The zero-order valence-corrected chi connectivity index (χ0v) is 18.9. The Morgan fingerprint density at radius 1 is 1.15 bits per heavy atom. The number of rotatable bonds is 6. The number of hydrogen-bond donors (Lipinski definition) is 1. The van der Waals surface area contributed by atoms with Gasteiger partial charge in [0.25, 0.3) is 0 Å². The average Bonchev–Trinajstić information content (AvgIpc) is 3.59. The Morgan fingerprint density at radius 2 is 2.12 bits per heavy atom. The molecule has 1 atom stereocenters. The Kier molecular flexibility index (Phi) is 5.12. The molecule has 1 fully saturated rings. The number of thiazole rings is 1. The second-order valence-corrected chi connectivity index (χ2v) is 9.08. The largest absolute Gasteiger partial charge is 0.492 e. The third kappa shape index (κ3) is 4.01. The fourth-order valence-electron chi connectivity index (χ4n) is 4.09. The lowest BCUT2D eigenvalue weighted by Crippen LogP contribution is -2.12. The maximum Gasteiger partial charge on any atom is 0.145 e. The van der Waals surface area contributed by atoms with Crippen LogP contribution in [0.4, 0.5) is 11.5 Å². The van der Waals surface area contributed by atoms with E-state index in [1.54, 1.807) is 22.3 Å². The topological polar surface area (TPSA) is 87.0 Å². The molecule has 0 aliphatic carbocycles. The van der Waals surface area contributed by atoms with Gasteiger partial charge in [0, 0.05) is 37.0 Å². The molecule has 8 nitrogen and oxygen atoms in total. The molecule has 3 aromatic heterocycles. The number of nitrogens with one attached hydrogen (secondary N) is 1. The van der Waals surface area contributed by atoms with E-state index in [9.17, 15) is 0 Å². The molecule has 1 saturated heterocycles. The van der Waals surface area contributed by atoms with Crippen molar-refractivity contribution in [1.29, 1.82) is 0 Å². The number of benzene rings is 2. The van der Waals surface area contributed by atoms with E-state index in [1.165, 1.54) is 0 Å². The quantitative estimate of drug-likeness (QED) is 0.391. The number of anilines is 2. The lowest BCUT2D eigenvalue weighted by atomic mass is 10.1. The molecule has 0 bridgehead atoms. The van der Waals surface area contributed by atoms with Crippen LogP contribution in [0.25, 0.3) is 32.2 Å². The first-order valence-corrected chi connectivity index (χ1v) is 11.7. The summed E-state index contributed by atoms with van der Waals surface area (Å²) in [5, 5.41) is 8.64. The molecule has 166 valence electrons. The van der Waals surface area contributed by atoms with Crippen LogP contribution in [0.5, 0.6) is 5.75 Å². The van der Waals surface area contributed by atoms with Crippen molar-refractivity contribution in [2.24, 2.45) is 13.0 Å². The lowest BCUT2D eigenvalue weighted by molar-refractivity contribution is 0.167. The molecular formula is C24H22N6O2S.